The maximum absolute atomic E-state index is 13.2. The van der Waals surface area contributed by atoms with E-state index in [1.165, 1.54) is 21.7 Å². The Morgan fingerprint density at radius 3 is 3.21 bits per heavy atom. The summed E-state index contributed by atoms with van der Waals surface area (Å²) in [6, 6.07) is -0.0531. The average molecular weight is 339 g/mol. The second-order valence-corrected chi connectivity index (χ2v) is 9.16. The van der Waals surface area contributed by atoms with Gasteiger partial charge in [-0.15, -0.1) is 11.8 Å². The Labute approximate surface area is 143 Å². The van der Waals surface area contributed by atoms with Crippen LogP contribution in [-0.2, 0) is 6.42 Å². The van der Waals surface area contributed by atoms with Gasteiger partial charge in [0.2, 0.25) is 5.78 Å². The van der Waals surface area contributed by atoms with Crippen molar-refractivity contribution in [2.45, 2.75) is 42.8 Å². The lowest BCUT2D eigenvalue weighted by Gasteiger charge is -2.57. The molecule has 3 bridgehead atoms. The van der Waals surface area contributed by atoms with E-state index < -0.39 is 6.10 Å². The highest BCUT2D eigenvalue weighted by Gasteiger charge is 2.63. The molecule has 1 aromatic heterocycles. The van der Waals surface area contributed by atoms with Crippen LogP contribution in [-0.4, -0.2) is 50.9 Å². The molecule has 1 aromatic rings. The minimum atomic E-state index is -0.411. The number of aliphatic hydroxyl groups excluding tert-OH is 1. The fourth-order valence-electron chi connectivity index (χ4n) is 6.10. The quantitative estimate of drug-likeness (QED) is 0.663. The number of thioether (sulfide) groups is 1. The first-order valence-corrected chi connectivity index (χ1v) is 9.64. The zero-order valence-corrected chi connectivity index (χ0v) is 13.8. The summed E-state index contributed by atoms with van der Waals surface area (Å²) in [6.45, 7) is 0.932. The van der Waals surface area contributed by atoms with Crippen molar-refractivity contribution in [1.82, 2.24) is 15.2 Å². The van der Waals surface area contributed by atoms with Crippen LogP contribution in [0.3, 0.4) is 0 Å². The Morgan fingerprint density at radius 2 is 2.29 bits per heavy atom. The summed E-state index contributed by atoms with van der Waals surface area (Å²) in [5.74, 6) is 0.201. The lowest BCUT2D eigenvalue weighted by atomic mass is 9.58. The van der Waals surface area contributed by atoms with Gasteiger partial charge in [0.25, 0.3) is 0 Å². The fraction of sp³-hybridized carbons (Fsp3) is 0.500. The number of aliphatic hydroxyl groups is 1. The summed E-state index contributed by atoms with van der Waals surface area (Å²) < 4.78 is 0. The Bertz CT molecular complexity index is 915. The van der Waals surface area contributed by atoms with E-state index >= 15 is 0 Å². The van der Waals surface area contributed by atoms with Crippen molar-refractivity contribution in [1.29, 1.82) is 0 Å². The van der Waals surface area contributed by atoms with Crippen LogP contribution in [0.2, 0.25) is 0 Å². The molecule has 0 aromatic carbocycles. The molecule has 4 aliphatic heterocycles. The average Bonchev–Trinajstić information content (AvgIpc) is 3.11. The summed E-state index contributed by atoms with van der Waals surface area (Å²) in [5, 5.41) is 14.7. The number of hydrogen-bond donors (Lipinski definition) is 3. The summed E-state index contributed by atoms with van der Waals surface area (Å²) in [5.41, 5.74) is 5.71. The molecule has 2 unspecified atom stereocenters. The largest absolute Gasteiger partial charge is 0.387 e. The number of aromatic amines is 1. The molecule has 7 rings (SSSR count). The maximum Gasteiger partial charge on any atom is 0.200 e. The number of ketones is 1. The molecule has 2 saturated heterocycles. The van der Waals surface area contributed by atoms with Gasteiger partial charge in [0, 0.05) is 29.4 Å². The third-order valence-corrected chi connectivity index (χ3v) is 8.35. The van der Waals surface area contributed by atoms with E-state index in [4.69, 9.17) is 0 Å². The lowest BCUT2D eigenvalue weighted by Crippen LogP contribution is -2.62. The third kappa shape index (κ3) is 1.15. The Kier molecular flexibility index (Phi) is 1.97. The van der Waals surface area contributed by atoms with E-state index in [0.29, 0.717) is 0 Å². The molecule has 6 heteroatoms. The van der Waals surface area contributed by atoms with Crippen LogP contribution >= 0.6 is 11.8 Å². The number of aromatic nitrogens is 1. The van der Waals surface area contributed by atoms with Crippen molar-refractivity contribution in [3.63, 3.8) is 0 Å². The van der Waals surface area contributed by atoms with Gasteiger partial charge in [-0.3, -0.25) is 10.1 Å². The summed E-state index contributed by atoms with van der Waals surface area (Å²) in [6.07, 6.45) is 6.65. The first kappa shape index (κ1) is 12.8. The fourth-order valence-corrected chi connectivity index (χ4v) is 7.69. The van der Waals surface area contributed by atoms with Crippen molar-refractivity contribution < 1.29 is 9.90 Å². The van der Waals surface area contributed by atoms with Crippen LogP contribution in [0.15, 0.2) is 22.8 Å². The minimum absolute atomic E-state index is 0.0137. The van der Waals surface area contributed by atoms with Crippen molar-refractivity contribution in [3.8, 4) is 0 Å². The first-order chi connectivity index (χ1) is 11.7. The van der Waals surface area contributed by atoms with E-state index in [-0.39, 0.29) is 28.7 Å². The summed E-state index contributed by atoms with van der Waals surface area (Å²) in [7, 11) is 0. The number of nitrogens with zero attached hydrogens (tertiary/aromatic N) is 1. The van der Waals surface area contributed by atoms with Crippen LogP contribution in [0.1, 0.15) is 34.5 Å². The zero-order chi connectivity index (χ0) is 15.8. The second kappa shape index (κ2) is 3.69. The third-order valence-electron chi connectivity index (χ3n) is 6.98. The Hall–Kier alpha value is -1.50. The molecule has 24 heavy (non-hydrogen) atoms. The molecule has 0 saturated carbocycles. The smallest absolute Gasteiger partial charge is 0.200 e. The highest BCUT2D eigenvalue weighted by atomic mass is 32.2. The standard InChI is InChI=1S/C18H17N3O2S/c22-9-3-10-18-4-8(9)21-2-1-7-6-19-14-12(7)16(21)13(18)15(17(14)23)20-11(5-18)24-10/h3,6,8-9,11,15,19-20,22H,1-2,4-5H2/t8?,9-,11+,15?,18+/m1/s1. The molecule has 122 valence electrons. The molecular formula is C18H17N3O2S. The van der Waals surface area contributed by atoms with Crippen LogP contribution in [0.5, 0.6) is 0 Å². The number of rotatable bonds is 0. The van der Waals surface area contributed by atoms with E-state index in [9.17, 15) is 9.90 Å². The maximum atomic E-state index is 13.2. The number of H-pyrrole nitrogens is 1. The zero-order valence-electron chi connectivity index (χ0n) is 13.0. The molecule has 6 aliphatic rings. The predicted octanol–water partition coefficient (Wildman–Crippen LogP) is 1.23. The molecule has 5 nitrogen and oxygen atoms in total. The van der Waals surface area contributed by atoms with Gasteiger partial charge in [-0.05, 0) is 41.4 Å². The van der Waals surface area contributed by atoms with Crippen LogP contribution in [0.4, 0.5) is 0 Å². The van der Waals surface area contributed by atoms with Crippen LogP contribution in [0.25, 0.3) is 5.70 Å². The molecule has 2 fully saturated rings. The van der Waals surface area contributed by atoms with E-state index in [1.54, 1.807) is 0 Å². The second-order valence-electron chi connectivity index (χ2n) is 7.92. The Balaban J connectivity index is 1.64. The summed E-state index contributed by atoms with van der Waals surface area (Å²) >= 11 is 1.83. The van der Waals surface area contributed by atoms with Crippen molar-refractivity contribution in [2.24, 2.45) is 5.41 Å². The van der Waals surface area contributed by atoms with Gasteiger partial charge in [0.05, 0.1) is 29.3 Å². The molecule has 1 spiro atoms. The van der Waals surface area contributed by atoms with Gasteiger partial charge in [0.1, 0.15) is 0 Å². The molecule has 2 aliphatic carbocycles. The number of Topliss-reactive ketones (excluding diaryl/α,β-unsaturated/α-hetero) is 1. The molecule has 0 amide bonds. The van der Waals surface area contributed by atoms with E-state index in [2.05, 4.69) is 21.3 Å². The van der Waals surface area contributed by atoms with Crippen molar-refractivity contribution in [3.05, 3.63) is 39.6 Å². The monoisotopic (exact) mass is 339 g/mol. The number of hydrogen-bond acceptors (Lipinski definition) is 5. The number of carbonyl (C=O) groups is 1. The molecule has 3 N–H and O–H groups in total. The molecule has 5 heterocycles. The Morgan fingerprint density at radius 1 is 1.38 bits per heavy atom. The lowest BCUT2D eigenvalue weighted by molar-refractivity contribution is 0.0527. The predicted molar refractivity (Wildman–Crippen MR) is 90.3 cm³/mol. The number of carbonyl (C=O) groups excluding carboxylic acids is 1. The molecular weight excluding hydrogens is 322 g/mol. The number of nitrogens with one attached hydrogen (secondary N) is 2. The molecule has 5 atom stereocenters. The normalized spacial score (nSPS) is 43.3. The van der Waals surface area contributed by atoms with Gasteiger partial charge in [0.15, 0.2) is 0 Å². The first-order valence-electron chi connectivity index (χ1n) is 8.76. The van der Waals surface area contributed by atoms with Gasteiger partial charge >= 0.3 is 0 Å². The van der Waals surface area contributed by atoms with Gasteiger partial charge in [-0.1, -0.05) is 0 Å². The topological polar surface area (TPSA) is 68.4 Å². The number of allylic oxidation sites excluding steroid dienone is 1. The van der Waals surface area contributed by atoms with Gasteiger partial charge in [-0.25, -0.2) is 0 Å². The van der Waals surface area contributed by atoms with Gasteiger partial charge in [-0.2, -0.15) is 0 Å². The number of fused-ring (bicyclic) bond motifs is 3. The van der Waals surface area contributed by atoms with Gasteiger partial charge < -0.3 is 15.0 Å². The molecule has 0 radical (unpaired) electrons. The number of piperidine rings is 1. The SMILES string of the molecule is O=C1c2[nH]cc3c2C2=C4C1N[C@@H]1C[C@]45CC([C@H](O)C=C5S1)N2CC3. The van der Waals surface area contributed by atoms with E-state index in [0.717, 1.165) is 37.1 Å². The van der Waals surface area contributed by atoms with Crippen LogP contribution in [0, 0.1) is 5.41 Å². The summed E-state index contributed by atoms with van der Waals surface area (Å²) in [4.78, 5) is 20.2. The van der Waals surface area contributed by atoms with Crippen molar-refractivity contribution >= 4 is 23.2 Å². The minimum Gasteiger partial charge on any atom is -0.387 e. The highest BCUT2D eigenvalue weighted by Crippen LogP contribution is 2.67. The van der Waals surface area contributed by atoms with Crippen LogP contribution < -0.4 is 5.32 Å². The highest BCUT2D eigenvalue weighted by molar-refractivity contribution is 8.04. The van der Waals surface area contributed by atoms with E-state index in [1.807, 2.05) is 18.0 Å². The van der Waals surface area contributed by atoms with Crippen molar-refractivity contribution in [2.75, 3.05) is 6.54 Å².